The third kappa shape index (κ3) is 3.38. The summed E-state index contributed by atoms with van der Waals surface area (Å²) in [5.74, 6) is 1.95. The quantitative estimate of drug-likeness (QED) is 0.456. The highest BCUT2D eigenvalue weighted by atomic mass is 32.2. The van der Waals surface area contributed by atoms with Gasteiger partial charge in [-0.3, -0.25) is 9.69 Å². The van der Waals surface area contributed by atoms with Gasteiger partial charge in [-0.05, 0) is 31.2 Å². The molecule has 1 saturated heterocycles. The van der Waals surface area contributed by atoms with Gasteiger partial charge in [-0.2, -0.15) is 0 Å². The van der Waals surface area contributed by atoms with Gasteiger partial charge in [0.25, 0.3) is 5.91 Å². The molecule has 0 N–H and O–H groups in total. The molecule has 0 aliphatic carbocycles. The first-order valence-electron chi connectivity index (χ1n) is 8.05. The molecule has 1 aliphatic heterocycles. The van der Waals surface area contributed by atoms with Crippen LogP contribution in [0.25, 0.3) is 17.4 Å². The van der Waals surface area contributed by atoms with E-state index in [9.17, 15) is 4.79 Å². The van der Waals surface area contributed by atoms with Gasteiger partial charge >= 0.3 is 0 Å². The minimum absolute atomic E-state index is 0.135. The van der Waals surface area contributed by atoms with E-state index in [-0.39, 0.29) is 5.91 Å². The van der Waals surface area contributed by atoms with E-state index >= 15 is 0 Å². The summed E-state index contributed by atoms with van der Waals surface area (Å²) >= 11 is 6.61. The Bertz CT molecular complexity index is 985. The molecule has 3 aromatic rings. The third-order valence-corrected chi connectivity index (χ3v) is 5.38. The topological polar surface area (TPSA) is 46.6 Å². The number of aryl methyl sites for hydroxylation is 1. The Morgan fingerprint density at radius 1 is 1.15 bits per heavy atom. The van der Waals surface area contributed by atoms with E-state index in [1.807, 2.05) is 49.4 Å². The summed E-state index contributed by atoms with van der Waals surface area (Å²) in [4.78, 5) is 14.7. The molecule has 26 heavy (non-hydrogen) atoms. The molecule has 1 aromatic carbocycles. The van der Waals surface area contributed by atoms with Crippen LogP contribution in [0.15, 0.2) is 68.5 Å². The number of furan rings is 2. The number of carbonyl (C=O) groups excluding carboxylic acids is 1. The normalized spacial score (nSPS) is 16.0. The highest BCUT2D eigenvalue weighted by Crippen LogP contribution is 2.34. The first kappa shape index (κ1) is 16.9. The van der Waals surface area contributed by atoms with E-state index in [4.69, 9.17) is 21.1 Å². The number of benzene rings is 1. The molecule has 2 aromatic heterocycles. The van der Waals surface area contributed by atoms with Gasteiger partial charge in [0.15, 0.2) is 0 Å². The van der Waals surface area contributed by atoms with Crippen molar-refractivity contribution in [2.24, 2.45) is 0 Å². The summed E-state index contributed by atoms with van der Waals surface area (Å²) < 4.78 is 11.7. The molecule has 1 fully saturated rings. The van der Waals surface area contributed by atoms with Crippen LogP contribution in [0.5, 0.6) is 0 Å². The lowest BCUT2D eigenvalue weighted by atomic mass is 10.1. The largest absolute Gasteiger partial charge is 0.467 e. The SMILES string of the molecule is Cc1ccc(-c2ccc(C=C3SC(=S)N(Cc4ccco4)C3=O)o2)cc1. The zero-order chi connectivity index (χ0) is 18.1. The molecule has 0 unspecified atom stereocenters. The second-order valence-electron chi connectivity index (χ2n) is 5.92. The van der Waals surface area contributed by atoms with Crippen molar-refractivity contribution >= 4 is 40.3 Å². The lowest BCUT2D eigenvalue weighted by Crippen LogP contribution is -2.27. The van der Waals surface area contributed by atoms with Gasteiger partial charge in [0, 0.05) is 11.6 Å². The number of carbonyl (C=O) groups is 1. The molecule has 6 heteroatoms. The molecule has 4 nitrogen and oxygen atoms in total. The van der Waals surface area contributed by atoms with Crippen molar-refractivity contribution in [1.29, 1.82) is 0 Å². The van der Waals surface area contributed by atoms with Crippen LogP contribution < -0.4 is 0 Å². The summed E-state index contributed by atoms with van der Waals surface area (Å²) in [6.45, 7) is 2.38. The molecule has 0 atom stereocenters. The fraction of sp³-hybridized carbons (Fsp3) is 0.100. The van der Waals surface area contributed by atoms with Crippen molar-refractivity contribution in [2.45, 2.75) is 13.5 Å². The summed E-state index contributed by atoms with van der Waals surface area (Å²) in [6.07, 6.45) is 3.32. The van der Waals surface area contributed by atoms with Crippen molar-refractivity contribution in [1.82, 2.24) is 4.90 Å². The number of rotatable bonds is 4. The molecule has 3 heterocycles. The zero-order valence-corrected chi connectivity index (χ0v) is 15.6. The standard InChI is InChI=1S/C20H15NO3S2/c1-13-4-6-14(7-5-13)17-9-8-15(24-17)11-18-19(22)21(20(25)26-18)12-16-3-2-10-23-16/h2-11H,12H2,1H3. The Morgan fingerprint density at radius 3 is 2.69 bits per heavy atom. The summed E-state index contributed by atoms with van der Waals surface area (Å²) in [5, 5.41) is 0. The van der Waals surface area contributed by atoms with Crippen LogP contribution >= 0.6 is 24.0 Å². The summed E-state index contributed by atoms with van der Waals surface area (Å²) in [6, 6.07) is 15.5. The average molecular weight is 381 g/mol. The lowest BCUT2D eigenvalue weighted by Gasteiger charge is -2.11. The Kier molecular flexibility index (Phi) is 4.53. The first-order chi connectivity index (χ1) is 12.6. The molecule has 4 rings (SSSR count). The third-order valence-electron chi connectivity index (χ3n) is 4.00. The first-order valence-corrected chi connectivity index (χ1v) is 9.27. The predicted octanol–water partition coefficient (Wildman–Crippen LogP) is 5.25. The van der Waals surface area contributed by atoms with E-state index in [1.165, 1.54) is 22.2 Å². The summed E-state index contributed by atoms with van der Waals surface area (Å²) in [7, 11) is 0. The Hall–Kier alpha value is -2.57. The molecule has 0 saturated carbocycles. The second kappa shape index (κ2) is 6.97. The van der Waals surface area contributed by atoms with E-state index < -0.39 is 0 Å². The lowest BCUT2D eigenvalue weighted by molar-refractivity contribution is -0.122. The maximum absolute atomic E-state index is 12.6. The molecule has 0 radical (unpaired) electrons. The van der Waals surface area contributed by atoms with E-state index in [0.29, 0.717) is 27.3 Å². The average Bonchev–Trinajstić information content (AvgIpc) is 3.35. The monoisotopic (exact) mass is 381 g/mol. The zero-order valence-electron chi connectivity index (χ0n) is 14.0. The van der Waals surface area contributed by atoms with Crippen LogP contribution in [-0.2, 0) is 11.3 Å². The van der Waals surface area contributed by atoms with Gasteiger partial charge in [-0.25, -0.2) is 0 Å². The van der Waals surface area contributed by atoms with Crippen LogP contribution in [0.4, 0.5) is 0 Å². The molecular formula is C20H15NO3S2. The maximum Gasteiger partial charge on any atom is 0.266 e. The van der Waals surface area contributed by atoms with Crippen LogP contribution in [0.2, 0.25) is 0 Å². The molecule has 1 aliphatic rings. The van der Waals surface area contributed by atoms with Crippen LogP contribution in [0.3, 0.4) is 0 Å². The van der Waals surface area contributed by atoms with Crippen molar-refractivity contribution < 1.29 is 13.6 Å². The van der Waals surface area contributed by atoms with Gasteiger partial charge in [0.05, 0.1) is 17.7 Å². The van der Waals surface area contributed by atoms with Gasteiger partial charge in [-0.1, -0.05) is 53.8 Å². The highest BCUT2D eigenvalue weighted by molar-refractivity contribution is 8.26. The summed E-state index contributed by atoms with van der Waals surface area (Å²) in [5.41, 5.74) is 2.20. The number of thiocarbonyl (C=S) groups is 1. The Labute approximate surface area is 160 Å². The fourth-order valence-corrected chi connectivity index (χ4v) is 3.86. The van der Waals surface area contributed by atoms with Crippen molar-refractivity contribution in [2.75, 3.05) is 0 Å². The van der Waals surface area contributed by atoms with E-state index in [1.54, 1.807) is 18.4 Å². The second-order valence-corrected chi connectivity index (χ2v) is 7.59. The van der Waals surface area contributed by atoms with Gasteiger partial charge in [-0.15, -0.1) is 0 Å². The van der Waals surface area contributed by atoms with Crippen LogP contribution in [0, 0.1) is 6.92 Å². The number of nitrogens with zero attached hydrogens (tertiary/aromatic N) is 1. The minimum atomic E-state index is -0.135. The van der Waals surface area contributed by atoms with Crippen molar-refractivity contribution in [3.63, 3.8) is 0 Å². The molecule has 1 amide bonds. The maximum atomic E-state index is 12.6. The van der Waals surface area contributed by atoms with Gasteiger partial charge < -0.3 is 8.83 Å². The number of thioether (sulfide) groups is 1. The molecular weight excluding hydrogens is 366 g/mol. The predicted molar refractivity (Wildman–Crippen MR) is 106 cm³/mol. The van der Waals surface area contributed by atoms with Gasteiger partial charge in [0.2, 0.25) is 0 Å². The van der Waals surface area contributed by atoms with Crippen LogP contribution in [-0.4, -0.2) is 15.1 Å². The van der Waals surface area contributed by atoms with Crippen molar-refractivity contribution in [3.8, 4) is 11.3 Å². The highest BCUT2D eigenvalue weighted by Gasteiger charge is 2.32. The molecule has 0 spiro atoms. The fourth-order valence-electron chi connectivity index (χ4n) is 2.63. The Morgan fingerprint density at radius 2 is 1.96 bits per heavy atom. The van der Waals surface area contributed by atoms with E-state index in [0.717, 1.165) is 11.3 Å². The number of hydrogen-bond donors (Lipinski definition) is 0. The van der Waals surface area contributed by atoms with Crippen molar-refractivity contribution in [3.05, 3.63) is 76.8 Å². The Balaban J connectivity index is 1.54. The number of amides is 1. The van der Waals surface area contributed by atoms with Crippen LogP contribution in [0.1, 0.15) is 17.1 Å². The smallest absolute Gasteiger partial charge is 0.266 e. The molecule has 130 valence electrons. The molecule has 0 bridgehead atoms. The number of hydrogen-bond acceptors (Lipinski definition) is 5. The van der Waals surface area contributed by atoms with E-state index in [2.05, 4.69) is 0 Å². The minimum Gasteiger partial charge on any atom is -0.467 e. The van der Waals surface area contributed by atoms with Gasteiger partial charge in [0.1, 0.15) is 21.6 Å².